The number of piperidine rings is 1. The molecular weight excluding hydrogens is 309 g/mol. The van der Waals surface area contributed by atoms with Crippen molar-refractivity contribution < 1.29 is 18.0 Å². The van der Waals surface area contributed by atoms with Crippen molar-refractivity contribution in [2.45, 2.75) is 31.1 Å². The number of rotatable bonds is 0. The predicted octanol–water partition coefficient (Wildman–Crippen LogP) is 2.08. The van der Waals surface area contributed by atoms with E-state index in [1.165, 1.54) is 9.47 Å². The van der Waals surface area contributed by atoms with Crippen molar-refractivity contribution in [3.05, 3.63) is 23.5 Å². The average molecular weight is 330 g/mol. The zero-order valence-corrected chi connectivity index (χ0v) is 13.3. The predicted molar refractivity (Wildman–Crippen MR) is 79.0 cm³/mol. The zero-order chi connectivity index (χ0) is 16.8. The molecule has 3 rings (SSSR count). The highest BCUT2D eigenvalue weighted by molar-refractivity contribution is 5.75. The molecular formula is C15H21F3N4O. The lowest BCUT2D eigenvalue weighted by Gasteiger charge is -2.50. The van der Waals surface area contributed by atoms with Gasteiger partial charge in [0.1, 0.15) is 5.69 Å². The van der Waals surface area contributed by atoms with Crippen LogP contribution < -0.4 is 5.32 Å². The van der Waals surface area contributed by atoms with E-state index in [4.69, 9.17) is 0 Å². The number of carbonyl (C=O) groups is 1. The number of nitrogens with zero attached hydrogens (tertiary/aromatic N) is 3. The second-order valence-corrected chi connectivity index (χ2v) is 6.36. The van der Waals surface area contributed by atoms with Gasteiger partial charge in [0, 0.05) is 32.9 Å². The van der Waals surface area contributed by atoms with E-state index in [2.05, 4.69) is 5.32 Å². The first-order chi connectivity index (χ1) is 10.8. The summed E-state index contributed by atoms with van der Waals surface area (Å²) in [5.74, 6) is 0. The van der Waals surface area contributed by atoms with Crippen LogP contribution in [-0.2, 0) is 18.3 Å². The van der Waals surface area contributed by atoms with E-state index in [-0.39, 0.29) is 12.6 Å². The Balaban J connectivity index is 2.10. The molecule has 0 unspecified atom stereocenters. The fourth-order valence-corrected chi connectivity index (χ4v) is 3.80. The van der Waals surface area contributed by atoms with Gasteiger partial charge in [-0.2, -0.15) is 13.2 Å². The molecule has 0 aliphatic carbocycles. The van der Waals surface area contributed by atoms with Crippen molar-refractivity contribution in [1.29, 1.82) is 0 Å². The zero-order valence-electron chi connectivity index (χ0n) is 13.3. The molecule has 0 bridgehead atoms. The van der Waals surface area contributed by atoms with E-state index in [1.807, 2.05) is 0 Å². The fourth-order valence-electron chi connectivity index (χ4n) is 3.80. The molecule has 1 spiro atoms. The van der Waals surface area contributed by atoms with Crippen LogP contribution in [0.3, 0.4) is 0 Å². The van der Waals surface area contributed by atoms with Gasteiger partial charge in [0.05, 0.1) is 5.54 Å². The van der Waals surface area contributed by atoms with Crippen LogP contribution in [0.4, 0.5) is 18.0 Å². The van der Waals surface area contributed by atoms with Gasteiger partial charge in [-0.05, 0) is 38.1 Å². The number of hydrogen-bond donors (Lipinski definition) is 1. The van der Waals surface area contributed by atoms with Crippen molar-refractivity contribution in [2.75, 3.05) is 33.7 Å². The van der Waals surface area contributed by atoms with Crippen LogP contribution in [0.15, 0.2) is 12.1 Å². The molecule has 8 heteroatoms. The van der Waals surface area contributed by atoms with Crippen molar-refractivity contribution in [1.82, 2.24) is 19.7 Å². The smallest absolute Gasteiger partial charge is 0.337 e. The number of amides is 2. The molecule has 2 aliphatic heterocycles. The third-order valence-electron chi connectivity index (χ3n) is 4.86. The molecule has 1 N–H and O–H groups in total. The molecule has 1 fully saturated rings. The van der Waals surface area contributed by atoms with E-state index in [9.17, 15) is 18.0 Å². The molecule has 5 nitrogen and oxygen atoms in total. The number of nitrogens with one attached hydrogen (secondary N) is 1. The monoisotopic (exact) mass is 330 g/mol. The Morgan fingerprint density at radius 2 is 1.87 bits per heavy atom. The molecule has 0 atom stereocenters. The third-order valence-corrected chi connectivity index (χ3v) is 4.86. The summed E-state index contributed by atoms with van der Waals surface area (Å²) < 4.78 is 41.0. The number of carbonyl (C=O) groups excluding carboxylic acids is 1. The van der Waals surface area contributed by atoms with Crippen molar-refractivity contribution in [2.24, 2.45) is 0 Å². The summed E-state index contributed by atoms with van der Waals surface area (Å²) in [5.41, 5.74) is -0.677. The lowest BCUT2D eigenvalue weighted by Crippen LogP contribution is -2.60. The maximum absolute atomic E-state index is 13.2. The Bertz CT molecular complexity index is 602. The second kappa shape index (κ2) is 5.43. The number of hydrogen-bond acceptors (Lipinski definition) is 2. The highest BCUT2D eigenvalue weighted by Gasteiger charge is 2.49. The number of alkyl halides is 3. The van der Waals surface area contributed by atoms with E-state index in [0.29, 0.717) is 38.2 Å². The van der Waals surface area contributed by atoms with Gasteiger partial charge in [0.25, 0.3) is 0 Å². The Morgan fingerprint density at radius 1 is 1.22 bits per heavy atom. The van der Waals surface area contributed by atoms with Gasteiger partial charge < -0.3 is 19.7 Å². The largest absolute Gasteiger partial charge is 0.431 e. The average Bonchev–Trinajstić information content (AvgIpc) is 2.93. The first-order valence-corrected chi connectivity index (χ1v) is 7.74. The lowest BCUT2D eigenvalue weighted by atomic mass is 9.82. The summed E-state index contributed by atoms with van der Waals surface area (Å²) in [6.45, 7) is 1.83. The SMILES string of the molecule is CN(C)C(=O)N1CCn2c(C(F)(F)F)ccc2C12CCNCC2. The van der Waals surface area contributed by atoms with Crippen LogP contribution in [0, 0.1) is 0 Å². The maximum atomic E-state index is 13.2. The number of halogens is 3. The third kappa shape index (κ3) is 2.49. The van der Waals surface area contributed by atoms with Gasteiger partial charge in [-0.25, -0.2) is 4.79 Å². The second-order valence-electron chi connectivity index (χ2n) is 6.36. The fraction of sp³-hybridized carbons (Fsp3) is 0.667. The van der Waals surface area contributed by atoms with E-state index < -0.39 is 17.4 Å². The summed E-state index contributed by atoms with van der Waals surface area (Å²) in [6.07, 6.45) is -3.14. The Morgan fingerprint density at radius 3 is 2.43 bits per heavy atom. The highest BCUT2D eigenvalue weighted by Crippen LogP contribution is 2.43. The van der Waals surface area contributed by atoms with Gasteiger partial charge in [-0.3, -0.25) is 0 Å². The summed E-state index contributed by atoms with van der Waals surface area (Å²) in [7, 11) is 3.35. The standard InChI is InChI=1S/C15H21F3N4O/c1-20(2)13(23)22-10-9-21-11(3-4-12(21)15(16,17)18)14(22)5-7-19-8-6-14/h3-4,19H,5-10H2,1-2H3. The van der Waals surface area contributed by atoms with Crippen LogP contribution in [0.1, 0.15) is 24.2 Å². The van der Waals surface area contributed by atoms with Gasteiger partial charge in [0.15, 0.2) is 0 Å². The minimum absolute atomic E-state index is 0.145. The van der Waals surface area contributed by atoms with Gasteiger partial charge in [-0.15, -0.1) is 0 Å². The van der Waals surface area contributed by atoms with Crippen molar-refractivity contribution in [3.8, 4) is 0 Å². The minimum atomic E-state index is -4.37. The quantitative estimate of drug-likeness (QED) is 0.791. The van der Waals surface area contributed by atoms with E-state index >= 15 is 0 Å². The molecule has 128 valence electrons. The van der Waals surface area contributed by atoms with Crippen LogP contribution in [-0.4, -0.2) is 54.1 Å². The molecule has 23 heavy (non-hydrogen) atoms. The molecule has 1 saturated heterocycles. The lowest BCUT2D eigenvalue weighted by molar-refractivity contribution is -0.144. The topological polar surface area (TPSA) is 40.5 Å². The molecule has 1 aromatic heterocycles. The van der Waals surface area contributed by atoms with E-state index in [1.54, 1.807) is 25.1 Å². The summed E-state index contributed by atoms with van der Waals surface area (Å²) in [6, 6.07) is 2.54. The maximum Gasteiger partial charge on any atom is 0.431 e. The Labute approximate surface area is 133 Å². The van der Waals surface area contributed by atoms with Crippen LogP contribution in [0.2, 0.25) is 0 Å². The summed E-state index contributed by atoms with van der Waals surface area (Å²) >= 11 is 0. The summed E-state index contributed by atoms with van der Waals surface area (Å²) in [4.78, 5) is 15.8. The van der Waals surface area contributed by atoms with Crippen LogP contribution in [0.25, 0.3) is 0 Å². The number of aromatic nitrogens is 1. The Hall–Kier alpha value is -1.70. The molecule has 0 aromatic carbocycles. The van der Waals surface area contributed by atoms with Gasteiger partial charge >= 0.3 is 12.2 Å². The first-order valence-electron chi connectivity index (χ1n) is 7.74. The first kappa shape index (κ1) is 16.2. The highest BCUT2D eigenvalue weighted by atomic mass is 19.4. The van der Waals surface area contributed by atoms with Crippen molar-refractivity contribution >= 4 is 6.03 Å². The Kier molecular flexibility index (Phi) is 3.82. The number of urea groups is 1. The van der Waals surface area contributed by atoms with Gasteiger partial charge in [0.2, 0.25) is 0 Å². The van der Waals surface area contributed by atoms with Crippen LogP contribution in [0.5, 0.6) is 0 Å². The van der Waals surface area contributed by atoms with Gasteiger partial charge in [-0.1, -0.05) is 0 Å². The molecule has 3 heterocycles. The molecule has 0 saturated carbocycles. The molecule has 1 aromatic rings. The van der Waals surface area contributed by atoms with E-state index in [0.717, 1.165) is 6.07 Å². The van der Waals surface area contributed by atoms with Crippen molar-refractivity contribution in [3.63, 3.8) is 0 Å². The molecule has 2 aliphatic rings. The van der Waals surface area contributed by atoms with Crippen LogP contribution >= 0.6 is 0 Å². The summed E-state index contributed by atoms with van der Waals surface area (Å²) in [5, 5.41) is 3.23. The molecule has 0 radical (unpaired) electrons. The minimum Gasteiger partial charge on any atom is -0.337 e. The molecule has 2 amide bonds. The number of fused-ring (bicyclic) bond motifs is 2. The normalized spacial score (nSPS) is 20.5.